The second-order valence-electron chi connectivity index (χ2n) is 8.94. The maximum atomic E-state index is 14.3. The molecule has 3 N–H and O–H groups in total. The molecule has 6 nitrogen and oxygen atoms in total. The van der Waals surface area contributed by atoms with E-state index >= 15 is 0 Å². The number of aliphatic hydroxyl groups is 1. The van der Waals surface area contributed by atoms with Crippen LogP contribution in [0.1, 0.15) is 47.4 Å². The molecule has 1 atom stereocenters. The van der Waals surface area contributed by atoms with Crippen molar-refractivity contribution in [3.63, 3.8) is 0 Å². The van der Waals surface area contributed by atoms with Gasteiger partial charge in [-0.2, -0.15) is 26.3 Å². The van der Waals surface area contributed by atoms with Gasteiger partial charge in [-0.1, -0.05) is 30.6 Å². The summed E-state index contributed by atoms with van der Waals surface area (Å²) in [6.07, 6.45) is -12.1. The molecule has 0 saturated heterocycles. The van der Waals surface area contributed by atoms with E-state index in [0.717, 1.165) is 38.1 Å². The standard InChI is InChI=1S/C23H19ClF6N2O4/c1-10-16-12(19(34)36-32-10)5-6-13(17(16)31)18(33)21(35,23(28,29)30)9-20(2,3)15-8-11(24)4-7-14(15)22(25,26)27/h4-8,35H,9,31H2,1-3H3. The fourth-order valence-corrected chi connectivity index (χ4v) is 4.34. The number of aromatic nitrogens is 1. The summed E-state index contributed by atoms with van der Waals surface area (Å²) < 4.78 is 88.2. The van der Waals surface area contributed by atoms with Crippen LogP contribution in [0.5, 0.6) is 0 Å². The average molecular weight is 537 g/mol. The molecule has 0 fully saturated rings. The Morgan fingerprint density at radius 3 is 2.25 bits per heavy atom. The van der Waals surface area contributed by atoms with Gasteiger partial charge in [0.1, 0.15) is 0 Å². The highest BCUT2D eigenvalue weighted by Crippen LogP contribution is 2.47. The van der Waals surface area contributed by atoms with E-state index in [-0.39, 0.29) is 21.5 Å². The van der Waals surface area contributed by atoms with Gasteiger partial charge in [0.15, 0.2) is 0 Å². The van der Waals surface area contributed by atoms with Crippen LogP contribution in [-0.4, -0.2) is 27.8 Å². The third-order valence-corrected chi connectivity index (χ3v) is 6.13. The number of carbonyl (C=O) groups excluding carboxylic acids is 1. The summed E-state index contributed by atoms with van der Waals surface area (Å²) in [5.41, 5.74) is -4.58. The van der Waals surface area contributed by atoms with Gasteiger partial charge in [-0.15, -0.1) is 0 Å². The molecule has 0 radical (unpaired) electrons. The van der Waals surface area contributed by atoms with E-state index in [4.69, 9.17) is 17.3 Å². The predicted octanol–water partition coefficient (Wildman–Crippen LogP) is 5.59. The highest BCUT2D eigenvalue weighted by molar-refractivity contribution is 6.30. The van der Waals surface area contributed by atoms with Gasteiger partial charge in [-0.3, -0.25) is 4.79 Å². The first-order valence-corrected chi connectivity index (χ1v) is 10.6. The minimum absolute atomic E-state index is 0.0126. The Hall–Kier alpha value is -3.12. The van der Waals surface area contributed by atoms with Crippen LogP contribution in [0, 0.1) is 6.92 Å². The van der Waals surface area contributed by atoms with E-state index in [1.807, 2.05) is 0 Å². The van der Waals surface area contributed by atoms with E-state index < -0.39 is 63.6 Å². The van der Waals surface area contributed by atoms with E-state index in [0.29, 0.717) is 6.07 Å². The Balaban J connectivity index is 2.21. The number of benzene rings is 2. The lowest BCUT2D eigenvalue weighted by atomic mass is 9.71. The van der Waals surface area contributed by atoms with Crippen molar-refractivity contribution in [2.45, 2.75) is 50.6 Å². The average Bonchev–Trinajstić information content (AvgIpc) is 2.73. The second kappa shape index (κ2) is 8.77. The van der Waals surface area contributed by atoms with Gasteiger partial charge in [0, 0.05) is 22.4 Å². The molecular weight excluding hydrogens is 518 g/mol. The summed E-state index contributed by atoms with van der Waals surface area (Å²) in [6, 6.07) is 4.16. The van der Waals surface area contributed by atoms with Gasteiger partial charge < -0.3 is 15.4 Å². The fourth-order valence-electron chi connectivity index (χ4n) is 4.17. The number of hydrogen-bond donors (Lipinski definition) is 2. The second-order valence-corrected chi connectivity index (χ2v) is 9.38. The Kier molecular flexibility index (Phi) is 6.69. The van der Waals surface area contributed by atoms with E-state index in [1.165, 1.54) is 6.92 Å². The van der Waals surface area contributed by atoms with Crippen LogP contribution in [-0.2, 0) is 11.6 Å². The Morgan fingerprint density at radius 1 is 1.08 bits per heavy atom. The quantitative estimate of drug-likeness (QED) is 0.250. The number of nitrogens with zero attached hydrogens (tertiary/aromatic N) is 1. The summed E-state index contributed by atoms with van der Waals surface area (Å²) in [5, 5.41) is 13.7. The van der Waals surface area contributed by atoms with Gasteiger partial charge >= 0.3 is 18.0 Å². The number of anilines is 1. The van der Waals surface area contributed by atoms with Crippen LogP contribution in [0.2, 0.25) is 5.02 Å². The summed E-state index contributed by atoms with van der Waals surface area (Å²) in [5.74, 6) is -1.91. The third-order valence-electron chi connectivity index (χ3n) is 5.90. The van der Waals surface area contributed by atoms with Crippen molar-refractivity contribution in [3.8, 4) is 0 Å². The molecule has 0 aliphatic heterocycles. The third kappa shape index (κ3) is 4.66. The summed E-state index contributed by atoms with van der Waals surface area (Å²) in [7, 11) is 0. The number of aryl methyl sites for hydroxylation is 1. The SMILES string of the molecule is Cc1noc(=O)c2ccc(C(=O)C(O)(CC(C)(C)c3cc(Cl)ccc3C(F)(F)F)C(F)(F)F)c(N)c12. The van der Waals surface area contributed by atoms with Gasteiger partial charge in [0.25, 0.3) is 0 Å². The van der Waals surface area contributed by atoms with E-state index in [1.54, 1.807) is 0 Å². The molecule has 13 heteroatoms. The number of halogens is 7. The number of nitrogens with two attached hydrogens (primary N) is 1. The molecule has 1 heterocycles. The smallest absolute Gasteiger partial charge is 0.398 e. The maximum Gasteiger partial charge on any atom is 0.424 e. The number of carbonyl (C=O) groups is 1. The first kappa shape index (κ1) is 27.5. The lowest BCUT2D eigenvalue weighted by Crippen LogP contribution is -2.55. The Morgan fingerprint density at radius 2 is 1.69 bits per heavy atom. The number of alkyl halides is 6. The molecule has 0 aliphatic carbocycles. The highest BCUT2D eigenvalue weighted by Gasteiger charge is 2.61. The summed E-state index contributed by atoms with van der Waals surface area (Å²) in [6.45, 7) is 3.36. The zero-order valence-electron chi connectivity index (χ0n) is 18.9. The minimum atomic E-state index is -5.62. The van der Waals surface area contributed by atoms with Crippen molar-refractivity contribution in [2.75, 3.05) is 5.73 Å². The van der Waals surface area contributed by atoms with Crippen molar-refractivity contribution in [1.82, 2.24) is 5.16 Å². The molecule has 0 bridgehead atoms. The molecule has 2 aromatic carbocycles. The van der Waals surface area contributed by atoms with Gasteiger partial charge in [0.05, 0.1) is 22.3 Å². The molecule has 194 valence electrons. The number of nitrogen functional groups attached to an aromatic ring is 1. The maximum absolute atomic E-state index is 14.3. The van der Waals surface area contributed by atoms with Crippen LogP contribution in [0.25, 0.3) is 10.8 Å². The number of rotatable bonds is 5. The zero-order valence-corrected chi connectivity index (χ0v) is 19.7. The number of hydrogen-bond acceptors (Lipinski definition) is 6. The van der Waals surface area contributed by atoms with Gasteiger partial charge in [-0.05, 0) is 48.2 Å². The van der Waals surface area contributed by atoms with Crippen LogP contribution < -0.4 is 11.4 Å². The topological polar surface area (TPSA) is 106 Å². The van der Waals surface area contributed by atoms with E-state index in [9.17, 15) is 41.0 Å². The molecule has 1 unspecified atom stereocenters. The first-order valence-electron chi connectivity index (χ1n) is 10.2. The van der Waals surface area contributed by atoms with Gasteiger partial charge in [0.2, 0.25) is 11.4 Å². The first-order chi connectivity index (χ1) is 16.3. The van der Waals surface area contributed by atoms with Crippen LogP contribution in [0.4, 0.5) is 32.0 Å². The highest BCUT2D eigenvalue weighted by atomic mass is 35.5. The Labute approximate surface area is 204 Å². The Bertz CT molecular complexity index is 1410. The zero-order chi connectivity index (χ0) is 27.4. The van der Waals surface area contributed by atoms with Crippen LogP contribution in [0.3, 0.4) is 0 Å². The van der Waals surface area contributed by atoms with Crippen molar-refractivity contribution >= 4 is 33.8 Å². The lowest BCUT2D eigenvalue weighted by Gasteiger charge is -2.38. The largest absolute Gasteiger partial charge is 0.424 e. The van der Waals surface area contributed by atoms with Crippen molar-refractivity contribution in [1.29, 1.82) is 0 Å². The summed E-state index contributed by atoms with van der Waals surface area (Å²) >= 11 is 5.82. The summed E-state index contributed by atoms with van der Waals surface area (Å²) in [4.78, 5) is 25.1. The van der Waals surface area contributed by atoms with Crippen LogP contribution in [0.15, 0.2) is 39.6 Å². The molecule has 0 spiro atoms. The normalized spacial score (nSPS) is 14.6. The minimum Gasteiger partial charge on any atom is -0.398 e. The van der Waals surface area contributed by atoms with Gasteiger partial charge in [-0.25, -0.2) is 4.79 Å². The van der Waals surface area contributed by atoms with Crippen molar-refractivity contribution < 1.29 is 40.8 Å². The molecule has 36 heavy (non-hydrogen) atoms. The van der Waals surface area contributed by atoms with E-state index in [2.05, 4.69) is 9.68 Å². The van der Waals surface area contributed by atoms with Crippen molar-refractivity contribution in [2.24, 2.45) is 0 Å². The monoisotopic (exact) mass is 536 g/mol. The molecule has 1 aromatic heterocycles. The molecular formula is C23H19ClF6N2O4. The van der Waals surface area contributed by atoms with Crippen molar-refractivity contribution in [3.05, 3.63) is 68.2 Å². The molecule has 0 aliphatic rings. The molecule has 0 saturated carbocycles. The number of Topliss-reactive ketones (excluding diaryl/α,β-unsaturated/α-hetero) is 1. The lowest BCUT2D eigenvalue weighted by molar-refractivity contribution is -0.243. The predicted molar refractivity (Wildman–Crippen MR) is 119 cm³/mol. The number of ketones is 1. The van der Waals surface area contributed by atoms with Crippen LogP contribution >= 0.6 is 11.6 Å². The number of fused-ring (bicyclic) bond motifs is 1. The molecule has 3 aromatic rings. The fraction of sp³-hybridized carbons (Fsp3) is 0.348. The molecule has 0 amide bonds. The molecule has 3 rings (SSSR count).